The van der Waals surface area contributed by atoms with Crippen molar-refractivity contribution in [1.82, 2.24) is 19.7 Å². The van der Waals surface area contributed by atoms with Crippen LogP contribution in [0.4, 0.5) is 0 Å². The van der Waals surface area contributed by atoms with Crippen molar-refractivity contribution in [3.8, 4) is 22.8 Å². The maximum absolute atomic E-state index is 5.98. The van der Waals surface area contributed by atoms with Crippen LogP contribution in [0.15, 0.2) is 84.1 Å². The van der Waals surface area contributed by atoms with Gasteiger partial charge in [0.25, 0.3) is 0 Å². The van der Waals surface area contributed by atoms with E-state index >= 15 is 0 Å². The monoisotopic (exact) mass is 440 g/mol. The molecule has 0 aliphatic carbocycles. The van der Waals surface area contributed by atoms with E-state index in [2.05, 4.69) is 76.1 Å². The van der Waals surface area contributed by atoms with E-state index in [1.54, 1.807) is 11.8 Å². The van der Waals surface area contributed by atoms with E-state index < -0.39 is 0 Å². The Kier molecular flexibility index (Phi) is 5.69. The summed E-state index contributed by atoms with van der Waals surface area (Å²) in [6, 6.07) is 24.7. The highest BCUT2D eigenvalue weighted by Crippen LogP contribution is 2.33. The molecule has 0 spiro atoms. The van der Waals surface area contributed by atoms with Crippen molar-refractivity contribution in [2.75, 3.05) is 12.4 Å². The molecule has 0 saturated heterocycles. The number of nitrogens with one attached hydrogen (secondary N) is 1. The minimum absolute atomic E-state index is 0.596. The second kappa shape index (κ2) is 8.93. The van der Waals surface area contributed by atoms with Gasteiger partial charge in [0.1, 0.15) is 5.75 Å². The largest absolute Gasteiger partial charge is 0.492 e. The number of thioether (sulfide) groups is 1. The molecule has 2 aromatic heterocycles. The van der Waals surface area contributed by atoms with Crippen LogP contribution < -0.4 is 4.74 Å². The lowest BCUT2D eigenvalue weighted by Gasteiger charge is -2.13. The van der Waals surface area contributed by atoms with Gasteiger partial charge in [-0.05, 0) is 43.2 Å². The Labute approximate surface area is 191 Å². The molecule has 32 heavy (non-hydrogen) atoms. The van der Waals surface area contributed by atoms with E-state index in [-0.39, 0.29) is 0 Å². The molecule has 5 rings (SSSR count). The standard InChI is InChI=1S/C26H24N4OS/c1-18-9-3-7-13-23(18)30-25(21-17-27-22-12-6-5-11-20(21)22)28-29-26(30)32-16-15-31-24-14-8-4-10-19(24)2/h3-14,17,27H,15-16H2,1-2H3. The molecule has 0 unspecified atom stereocenters. The molecular formula is C26H24N4OS. The predicted molar refractivity (Wildman–Crippen MR) is 131 cm³/mol. The van der Waals surface area contributed by atoms with Crippen LogP contribution in [0.3, 0.4) is 0 Å². The lowest BCUT2D eigenvalue weighted by Crippen LogP contribution is -2.05. The van der Waals surface area contributed by atoms with E-state index in [9.17, 15) is 0 Å². The summed E-state index contributed by atoms with van der Waals surface area (Å²) in [4.78, 5) is 3.36. The number of benzene rings is 3. The van der Waals surface area contributed by atoms with Crippen LogP contribution in [0, 0.1) is 13.8 Å². The van der Waals surface area contributed by atoms with Gasteiger partial charge in [0.15, 0.2) is 11.0 Å². The first-order valence-corrected chi connectivity index (χ1v) is 11.6. The molecule has 160 valence electrons. The van der Waals surface area contributed by atoms with E-state index in [1.165, 1.54) is 5.56 Å². The van der Waals surface area contributed by atoms with Crippen LogP contribution in [0.1, 0.15) is 11.1 Å². The van der Waals surface area contributed by atoms with Gasteiger partial charge in [0.05, 0.1) is 12.3 Å². The number of rotatable bonds is 7. The maximum Gasteiger partial charge on any atom is 0.196 e. The maximum atomic E-state index is 5.98. The van der Waals surface area contributed by atoms with Gasteiger partial charge in [-0.3, -0.25) is 4.57 Å². The summed E-state index contributed by atoms with van der Waals surface area (Å²) in [5.74, 6) is 2.53. The number of hydrogen-bond acceptors (Lipinski definition) is 4. The van der Waals surface area contributed by atoms with Gasteiger partial charge in [-0.2, -0.15) is 0 Å². The molecule has 0 radical (unpaired) electrons. The van der Waals surface area contributed by atoms with E-state index in [0.717, 1.165) is 50.2 Å². The molecule has 0 aliphatic rings. The summed E-state index contributed by atoms with van der Waals surface area (Å²) >= 11 is 1.65. The molecule has 5 aromatic rings. The fraction of sp³-hybridized carbons (Fsp3) is 0.154. The summed E-state index contributed by atoms with van der Waals surface area (Å²) in [6.45, 7) is 4.77. The summed E-state index contributed by atoms with van der Waals surface area (Å²) in [5, 5.41) is 11.2. The summed E-state index contributed by atoms with van der Waals surface area (Å²) < 4.78 is 8.14. The first kappa shape index (κ1) is 20.4. The van der Waals surface area contributed by atoms with Crippen molar-refractivity contribution in [2.45, 2.75) is 19.0 Å². The topological polar surface area (TPSA) is 55.7 Å². The highest BCUT2D eigenvalue weighted by molar-refractivity contribution is 7.99. The smallest absolute Gasteiger partial charge is 0.196 e. The third kappa shape index (κ3) is 3.89. The van der Waals surface area contributed by atoms with Crippen molar-refractivity contribution in [3.05, 3.63) is 90.1 Å². The lowest BCUT2D eigenvalue weighted by atomic mass is 10.1. The van der Waals surface area contributed by atoms with Gasteiger partial charge >= 0.3 is 0 Å². The van der Waals surface area contributed by atoms with Crippen molar-refractivity contribution < 1.29 is 4.74 Å². The van der Waals surface area contributed by atoms with Crippen molar-refractivity contribution >= 4 is 22.7 Å². The molecule has 0 atom stereocenters. The number of fused-ring (bicyclic) bond motifs is 1. The lowest BCUT2D eigenvalue weighted by molar-refractivity contribution is 0.341. The van der Waals surface area contributed by atoms with Gasteiger partial charge < -0.3 is 9.72 Å². The van der Waals surface area contributed by atoms with Gasteiger partial charge in [-0.1, -0.05) is 66.4 Å². The normalized spacial score (nSPS) is 11.2. The molecule has 0 amide bonds. The van der Waals surface area contributed by atoms with E-state index in [0.29, 0.717) is 6.61 Å². The molecule has 2 heterocycles. The van der Waals surface area contributed by atoms with Crippen LogP contribution in [0.25, 0.3) is 28.0 Å². The molecule has 1 N–H and O–H groups in total. The number of hydrogen-bond donors (Lipinski definition) is 1. The first-order chi connectivity index (χ1) is 15.7. The zero-order valence-corrected chi connectivity index (χ0v) is 18.9. The van der Waals surface area contributed by atoms with Gasteiger partial charge in [0.2, 0.25) is 0 Å². The molecule has 6 heteroatoms. The molecule has 3 aromatic carbocycles. The van der Waals surface area contributed by atoms with Crippen LogP contribution in [-0.4, -0.2) is 32.1 Å². The quantitative estimate of drug-likeness (QED) is 0.242. The van der Waals surface area contributed by atoms with E-state index in [1.807, 2.05) is 36.5 Å². The Hall–Kier alpha value is -3.51. The van der Waals surface area contributed by atoms with Crippen molar-refractivity contribution in [2.24, 2.45) is 0 Å². The zero-order valence-electron chi connectivity index (χ0n) is 18.1. The van der Waals surface area contributed by atoms with Crippen LogP contribution in [0.2, 0.25) is 0 Å². The summed E-state index contributed by atoms with van der Waals surface area (Å²) in [7, 11) is 0. The number of aryl methyl sites for hydroxylation is 2. The Morgan fingerprint density at radius 2 is 1.62 bits per heavy atom. The second-order valence-corrected chi connectivity index (χ2v) is 8.70. The first-order valence-electron chi connectivity index (χ1n) is 10.6. The van der Waals surface area contributed by atoms with Gasteiger partial charge in [-0.15, -0.1) is 10.2 Å². The van der Waals surface area contributed by atoms with Gasteiger partial charge in [-0.25, -0.2) is 0 Å². The Morgan fingerprint density at radius 3 is 2.47 bits per heavy atom. The van der Waals surface area contributed by atoms with Crippen molar-refractivity contribution in [1.29, 1.82) is 0 Å². The Morgan fingerprint density at radius 1 is 0.875 bits per heavy atom. The predicted octanol–water partition coefficient (Wildman–Crippen LogP) is 6.20. The highest BCUT2D eigenvalue weighted by Gasteiger charge is 2.19. The zero-order chi connectivity index (χ0) is 21.9. The third-order valence-corrected chi connectivity index (χ3v) is 6.38. The number of aromatic amines is 1. The number of para-hydroxylation sites is 3. The molecule has 0 bridgehead atoms. The highest BCUT2D eigenvalue weighted by atomic mass is 32.2. The Balaban J connectivity index is 1.47. The van der Waals surface area contributed by atoms with Crippen LogP contribution in [0.5, 0.6) is 5.75 Å². The average molecular weight is 441 g/mol. The van der Waals surface area contributed by atoms with Crippen molar-refractivity contribution in [3.63, 3.8) is 0 Å². The minimum Gasteiger partial charge on any atom is -0.492 e. The fourth-order valence-corrected chi connectivity index (χ4v) is 4.59. The molecule has 0 saturated carbocycles. The average Bonchev–Trinajstić information content (AvgIpc) is 3.42. The Bertz CT molecular complexity index is 1370. The fourth-order valence-electron chi connectivity index (χ4n) is 3.83. The minimum atomic E-state index is 0.596. The molecule has 5 nitrogen and oxygen atoms in total. The summed E-state index contributed by atoms with van der Waals surface area (Å²) in [5.41, 5.74) is 5.52. The molecule has 0 aliphatic heterocycles. The number of ether oxygens (including phenoxy) is 1. The van der Waals surface area contributed by atoms with Crippen LogP contribution >= 0.6 is 11.8 Å². The van der Waals surface area contributed by atoms with Crippen LogP contribution in [-0.2, 0) is 0 Å². The molecule has 0 fully saturated rings. The SMILES string of the molecule is Cc1ccccc1OCCSc1nnc(-c2c[nH]c3ccccc23)n1-c1ccccc1C. The second-order valence-electron chi connectivity index (χ2n) is 7.64. The number of aromatic nitrogens is 4. The summed E-state index contributed by atoms with van der Waals surface area (Å²) in [6.07, 6.45) is 2.01. The van der Waals surface area contributed by atoms with E-state index in [4.69, 9.17) is 4.74 Å². The third-order valence-electron chi connectivity index (χ3n) is 5.49. The number of H-pyrrole nitrogens is 1. The van der Waals surface area contributed by atoms with Gasteiger partial charge in [0, 0.05) is 28.4 Å². The molecular weight excluding hydrogens is 416 g/mol. The number of nitrogens with zero attached hydrogens (tertiary/aromatic N) is 3.